The summed E-state index contributed by atoms with van der Waals surface area (Å²) in [5.41, 5.74) is 2.39. The van der Waals surface area contributed by atoms with Crippen molar-refractivity contribution in [1.82, 2.24) is 20.4 Å². The standard InChI is InChI=1S/C19H22Cl2N4O3/c1-13-10-17(21)23-24-19(13)14-2-3-16(15(20)11-14)28-12-18(26)22-4-5-25-6-8-27-9-7-25/h2-3,10-11H,4-9,12H2,1H3,(H,22,26). The van der Waals surface area contributed by atoms with Crippen molar-refractivity contribution >= 4 is 29.1 Å². The zero-order chi connectivity index (χ0) is 19.9. The quantitative estimate of drug-likeness (QED) is 0.735. The van der Waals surface area contributed by atoms with Crippen molar-refractivity contribution in [2.75, 3.05) is 46.0 Å². The number of benzene rings is 1. The van der Waals surface area contributed by atoms with Gasteiger partial charge in [0.05, 0.1) is 23.9 Å². The Labute approximate surface area is 173 Å². The lowest BCUT2D eigenvalue weighted by Gasteiger charge is -2.26. The molecule has 2 aromatic rings. The molecular formula is C19H22Cl2N4O3. The smallest absolute Gasteiger partial charge is 0.257 e. The lowest BCUT2D eigenvalue weighted by molar-refractivity contribution is -0.123. The maximum Gasteiger partial charge on any atom is 0.257 e. The number of carbonyl (C=O) groups is 1. The summed E-state index contributed by atoms with van der Waals surface area (Å²) in [6.45, 7) is 6.45. The van der Waals surface area contributed by atoms with Gasteiger partial charge in [-0.2, -0.15) is 0 Å². The van der Waals surface area contributed by atoms with Crippen LogP contribution in [0, 0.1) is 6.92 Å². The van der Waals surface area contributed by atoms with E-state index in [1.54, 1.807) is 18.2 Å². The number of ether oxygens (including phenoxy) is 2. The van der Waals surface area contributed by atoms with Crippen LogP contribution in [0.3, 0.4) is 0 Å². The number of aromatic nitrogens is 2. The van der Waals surface area contributed by atoms with Crippen molar-refractivity contribution in [3.63, 3.8) is 0 Å². The minimum absolute atomic E-state index is 0.0953. The first-order valence-electron chi connectivity index (χ1n) is 9.02. The minimum Gasteiger partial charge on any atom is -0.482 e. The average Bonchev–Trinajstić information content (AvgIpc) is 2.68. The van der Waals surface area contributed by atoms with Crippen molar-refractivity contribution in [2.24, 2.45) is 0 Å². The number of aryl methyl sites for hydroxylation is 1. The second-order valence-electron chi connectivity index (χ2n) is 6.44. The zero-order valence-electron chi connectivity index (χ0n) is 15.6. The molecule has 1 amide bonds. The van der Waals surface area contributed by atoms with Crippen molar-refractivity contribution in [3.8, 4) is 17.0 Å². The Balaban J connectivity index is 1.49. The summed E-state index contributed by atoms with van der Waals surface area (Å²) in [6, 6.07) is 7.01. The monoisotopic (exact) mass is 424 g/mol. The van der Waals surface area contributed by atoms with Crippen LogP contribution in [-0.2, 0) is 9.53 Å². The van der Waals surface area contributed by atoms with Crippen LogP contribution >= 0.6 is 23.2 Å². The molecule has 1 aromatic carbocycles. The molecule has 1 N–H and O–H groups in total. The largest absolute Gasteiger partial charge is 0.482 e. The molecule has 0 saturated carbocycles. The molecule has 0 radical (unpaired) electrons. The van der Waals surface area contributed by atoms with Gasteiger partial charge >= 0.3 is 0 Å². The topological polar surface area (TPSA) is 76.6 Å². The van der Waals surface area contributed by atoms with E-state index >= 15 is 0 Å². The lowest BCUT2D eigenvalue weighted by Crippen LogP contribution is -2.42. The molecule has 1 fully saturated rings. The van der Waals surface area contributed by atoms with Crippen molar-refractivity contribution in [3.05, 3.63) is 40.0 Å². The first-order chi connectivity index (χ1) is 13.5. The Morgan fingerprint density at radius 2 is 2.04 bits per heavy atom. The Morgan fingerprint density at radius 3 is 2.75 bits per heavy atom. The van der Waals surface area contributed by atoms with Crippen LogP contribution in [0.2, 0.25) is 10.2 Å². The van der Waals surface area contributed by atoms with E-state index in [1.807, 2.05) is 13.0 Å². The Morgan fingerprint density at radius 1 is 1.25 bits per heavy atom. The van der Waals surface area contributed by atoms with Gasteiger partial charge in [0.1, 0.15) is 5.75 Å². The van der Waals surface area contributed by atoms with Crippen LogP contribution in [-0.4, -0.2) is 67.0 Å². The first kappa shape index (κ1) is 20.8. The van der Waals surface area contributed by atoms with E-state index in [-0.39, 0.29) is 12.5 Å². The normalized spacial score (nSPS) is 14.7. The van der Waals surface area contributed by atoms with Crippen molar-refractivity contribution in [2.45, 2.75) is 6.92 Å². The molecule has 2 heterocycles. The van der Waals surface area contributed by atoms with Crippen LogP contribution in [0.15, 0.2) is 24.3 Å². The second kappa shape index (κ2) is 10.0. The van der Waals surface area contributed by atoms with Crippen molar-refractivity contribution in [1.29, 1.82) is 0 Å². The van der Waals surface area contributed by atoms with Crippen LogP contribution < -0.4 is 10.1 Å². The van der Waals surface area contributed by atoms with Gasteiger partial charge in [-0.15, -0.1) is 10.2 Å². The second-order valence-corrected chi connectivity index (χ2v) is 7.23. The lowest BCUT2D eigenvalue weighted by atomic mass is 10.1. The van der Waals surface area contributed by atoms with E-state index in [0.29, 0.717) is 28.2 Å². The molecule has 1 aliphatic heterocycles. The number of amides is 1. The summed E-state index contributed by atoms with van der Waals surface area (Å²) in [7, 11) is 0. The van der Waals surface area contributed by atoms with Crippen LogP contribution in [0.4, 0.5) is 0 Å². The van der Waals surface area contributed by atoms with Gasteiger partial charge in [-0.3, -0.25) is 9.69 Å². The Hall–Kier alpha value is -1.93. The summed E-state index contributed by atoms with van der Waals surface area (Å²) in [4.78, 5) is 14.2. The fourth-order valence-corrected chi connectivity index (χ4v) is 3.31. The number of nitrogens with zero attached hydrogens (tertiary/aromatic N) is 3. The third kappa shape index (κ3) is 5.78. The molecule has 7 nitrogen and oxygen atoms in total. The summed E-state index contributed by atoms with van der Waals surface area (Å²) in [5, 5.41) is 11.6. The van der Waals surface area contributed by atoms with Gasteiger partial charge in [-0.1, -0.05) is 23.2 Å². The van der Waals surface area contributed by atoms with Gasteiger partial charge in [0, 0.05) is 31.7 Å². The molecular weight excluding hydrogens is 403 g/mol. The highest BCUT2D eigenvalue weighted by atomic mass is 35.5. The van der Waals surface area contributed by atoms with E-state index in [0.717, 1.165) is 44.0 Å². The molecule has 150 valence electrons. The highest BCUT2D eigenvalue weighted by Gasteiger charge is 2.12. The number of halogens is 2. The summed E-state index contributed by atoms with van der Waals surface area (Å²) in [5.74, 6) is 0.251. The Bertz CT molecular complexity index is 829. The molecule has 9 heteroatoms. The van der Waals surface area contributed by atoms with Gasteiger partial charge in [-0.25, -0.2) is 0 Å². The third-order valence-electron chi connectivity index (χ3n) is 4.37. The van der Waals surface area contributed by atoms with E-state index in [9.17, 15) is 4.79 Å². The maximum atomic E-state index is 12.0. The molecule has 28 heavy (non-hydrogen) atoms. The molecule has 1 saturated heterocycles. The van der Waals surface area contributed by atoms with E-state index in [4.69, 9.17) is 32.7 Å². The highest BCUT2D eigenvalue weighted by Crippen LogP contribution is 2.31. The Kier molecular flexibility index (Phi) is 7.44. The minimum atomic E-state index is -0.187. The van der Waals surface area contributed by atoms with E-state index in [1.165, 1.54) is 0 Å². The summed E-state index contributed by atoms with van der Waals surface area (Å²) >= 11 is 12.1. The maximum absolute atomic E-state index is 12.0. The fraction of sp³-hybridized carbons (Fsp3) is 0.421. The van der Waals surface area contributed by atoms with Gasteiger partial charge in [0.2, 0.25) is 0 Å². The molecule has 0 unspecified atom stereocenters. The predicted molar refractivity (Wildman–Crippen MR) is 108 cm³/mol. The predicted octanol–water partition coefficient (Wildman–Crippen LogP) is 2.59. The van der Waals surface area contributed by atoms with Crippen LogP contribution in [0.1, 0.15) is 5.56 Å². The molecule has 1 aromatic heterocycles. The number of rotatable bonds is 7. The molecule has 0 spiro atoms. The fourth-order valence-electron chi connectivity index (χ4n) is 2.88. The molecule has 1 aliphatic rings. The van der Waals surface area contributed by atoms with Crippen LogP contribution in [0.5, 0.6) is 5.75 Å². The van der Waals surface area contributed by atoms with Gasteiger partial charge in [0.25, 0.3) is 5.91 Å². The first-order valence-corrected chi connectivity index (χ1v) is 9.78. The molecule has 0 atom stereocenters. The van der Waals surface area contributed by atoms with Crippen molar-refractivity contribution < 1.29 is 14.3 Å². The number of morpholine rings is 1. The van der Waals surface area contributed by atoms with Gasteiger partial charge < -0.3 is 14.8 Å². The average molecular weight is 425 g/mol. The third-order valence-corrected chi connectivity index (χ3v) is 4.85. The van der Waals surface area contributed by atoms with Gasteiger partial charge in [-0.05, 0) is 36.8 Å². The molecule has 0 aliphatic carbocycles. The number of nitrogens with one attached hydrogen (secondary N) is 1. The number of hydrogen-bond donors (Lipinski definition) is 1. The SMILES string of the molecule is Cc1cc(Cl)nnc1-c1ccc(OCC(=O)NCCN2CCOCC2)c(Cl)c1. The number of carbonyl (C=O) groups excluding carboxylic acids is 1. The van der Waals surface area contributed by atoms with Gasteiger partial charge in [0.15, 0.2) is 11.8 Å². The summed E-state index contributed by atoms with van der Waals surface area (Å²) in [6.07, 6.45) is 0. The zero-order valence-corrected chi connectivity index (χ0v) is 17.1. The van der Waals surface area contributed by atoms with E-state index in [2.05, 4.69) is 20.4 Å². The molecule has 0 bridgehead atoms. The van der Waals surface area contributed by atoms with Crippen LogP contribution in [0.25, 0.3) is 11.3 Å². The highest BCUT2D eigenvalue weighted by molar-refractivity contribution is 6.32. The number of hydrogen-bond acceptors (Lipinski definition) is 6. The summed E-state index contributed by atoms with van der Waals surface area (Å²) < 4.78 is 10.8. The molecule has 3 rings (SSSR count). The van der Waals surface area contributed by atoms with E-state index < -0.39 is 0 Å².